The number of aromatic nitrogens is 3. The van der Waals surface area contributed by atoms with Gasteiger partial charge in [0.05, 0.1) is 0 Å². The molecule has 0 saturated carbocycles. The highest BCUT2D eigenvalue weighted by molar-refractivity contribution is 5.41. The van der Waals surface area contributed by atoms with E-state index >= 15 is 0 Å². The van der Waals surface area contributed by atoms with E-state index in [9.17, 15) is 4.39 Å². The molecule has 0 amide bonds. The monoisotopic (exact) mass is 165 g/mol. The highest BCUT2D eigenvalue weighted by Gasteiger charge is 2.05. The number of halogens is 1. The van der Waals surface area contributed by atoms with Gasteiger partial charge in [-0.15, -0.1) is 10.2 Å². The Hall–Kier alpha value is -1.45. The lowest BCUT2D eigenvalue weighted by atomic mass is 10.3. The van der Waals surface area contributed by atoms with Gasteiger partial charge in [-0.05, 0) is 25.5 Å². The Morgan fingerprint density at radius 2 is 2.08 bits per heavy atom. The molecule has 12 heavy (non-hydrogen) atoms. The second-order valence-corrected chi connectivity index (χ2v) is 2.81. The molecule has 0 aromatic carbocycles. The topological polar surface area (TPSA) is 30.2 Å². The fraction of sp³-hybridized carbons (Fsp3) is 0.250. The maximum atomic E-state index is 13.1. The van der Waals surface area contributed by atoms with E-state index < -0.39 is 0 Å². The van der Waals surface area contributed by atoms with Crippen LogP contribution in [0.5, 0.6) is 0 Å². The molecule has 2 heterocycles. The summed E-state index contributed by atoms with van der Waals surface area (Å²) in [5.74, 6) is 0.378. The van der Waals surface area contributed by atoms with Gasteiger partial charge in [0.1, 0.15) is 5.82 Å². The fourth-order valence-corrected chi connectivity index (χ4v) is 1.19. The van der Waals surface area contributed by atoms with Crippen LogP contribution in [-0.2, 0) is 0 Å². The van der Waals surface area contributed by atoms with Gasteiger partial charge in [0.25, 0.3) is 0 Å². The molecule has 4 heteroatoms. The molecule has 0 spiro atoms. The Bertz CT molecular complexity index is 433. The first-order chi connectivity index (χ1) is 5.68. The standard InChI is InChI=1S/C8H8FN3/c1-5-3-7(9)8-11-10-6(2)12(8)4-5/h3-4H,1-2H3. The summed E-state index contributed by atoms with van der Waals surface area (Å²) in [7, 11) is 0. The first kappa shape index (κ1) is 7.21. The molecule has 0 saturated heterocycles. The minimum Gasteiger partial charge on any atom is -0.284 e. The van der Waals surface area contributed by atoms with E-state index in [4.69, 9.17) is 0 Å². The van der Waals surface area contributed by atoms with Crippen LogP contribution in [0.15, 0.2) is 12.3 Å². The zero-order valence-corrected chi connectivity index (χ0v) is 6.87. The van der Waals surface area contributed by atoms with E-state index in [1.54, 1.807) is 11.3 Å². The van der Waals surface area contributed by atoms with Crippen LogP contribution in [0.1, 0.15) is 11.4 Å². The molecule has 2 aromatic heterocycles. The van der Waals surface area contributed by atoms with Gasteiger partial charge >= 0.3 is 0 Å². The van der Waals surface area contributed by atoms with Crippen molar-refractivity contribution in [3.8, 4) is 0 Å². The van der Waals surface area contributed by atoms with Gasteiger partial charge in [-0.2, -0.15) is 0 Å². The first-order valence-electron chi connectivity index (χ1n) is 3.66. The van der Waals surface area contributed by atoms with Crippen LogP contribution in [-0.4, -0.2) is 14.6 Å². The van der Waals surface area contributed by atoms with E-state index in [-0.39, 0.29) is 11.5 Å². The van der Waals surface area contributed by atoms with Crippen molar-refractivity contribution in [2.24, 2.45) is 0 Å². The molecule has 0 N–H and O–H groups in total. The lowest BCUT2D eigenvalue weighted by molar-refractivity contribution is 0.627. The first-order valence-corrected chi connectivity index (χ1v) is 3.66. The summed E-state index contributed by atoms with van der Waals surface area (Å²) in [4.78, 5) is 0. The maximum absolute atomic E-state index is 13.1. The summed E-state index contributed by atoms with van der Waals surface area (Å²) in [6.07, 6.45) is 1.81. The molecular formula is C8H8FN3. The van der Waals surface area contributed by atoms with E-state index in [0.717, 1.165) is 5.56 Å². The number of rotatable bonds is 0. The second-order valence-electron chi connectivity index (χ2n) is 2.81. The SMILES string of the molecule is Cc1cc(F)c2nnc(C)n2c1. The molecule has 2 rings (SSSR count). The third kappa shape index (κ3) is 0.879. The van der Waals surface area contributed by atoms with Gasteiger partial charge in [0.15, 0.2) is 11.5 Å². The Balaban J connectivity index is 2.92. The summed E-state index contributed by atoms with van der Waals surface area (Å²) in [5, 5.41) is 7.47. The normalized spacial score (nSPS) is 10.9. The summed E-state index contributed by atoms with van der Waals surface area (Å²) < 4.78 is 14.8. The van der Waals surface area contributed by atoms with Crippen LogP contribution in [0, 0.1) is 19.7 Å². The van der Waals surface area contributed by atoms with Crippen molar-refractivity contribution in [3.63, 3.8) is 0 Å². The van der Waals surface area contributed by atoms with Crippen molar-refractivity contribution in [2.75, 3.05) is 0 Å². The predicted molar refractivity (Wildman–Crippen MR) is 42.4 cm³/mol. The zero-order valence-electron chi connectivity index (χ0n) is 6.87. The molecule has 0 atom stereocenters. The molecule has 0 aliphatic heterocycles. The van der Waals surface area contributed by atoms with Crippen molar-refractivity contribution in [2.45, 2.75) is 13.8 Å². The highest BCUT2D eigenvalue weighted by atomic mass is 19.1. The Morgan fingerprint density at radius 3 is 2.83 bits per heavy atom. The van der Waals surface area contributed by atoms with Crippen LogP contribution in [0.25, 0.3) is 5.65 Å². The predicted octanol–water partition coefficient (Wildman–Crippen LogP) is 1.49. The number of hydrogen-bond donors (Lipinski definition) is 0. The van der Waals surface area contributed by atoms with Gasteiger partial charge in [-0.25, -0.2) is 4.39 Å². The quantitative estimate of drug-likeness (QED) is 0.592. The maximum Gasteiger partial charge on any atom is 0.196 e. The van der Waals surface area contributed by atoms with Gasteiger partial charge < -0.3 is 0 Å². The van der Waals surface area contributed by atoms with E-state index in [2.05, 4.69) is 10.2 Å². The van der Waals surface area contributed by atoms with Crippen LogP contribution >= 0.6 is 0 Å². The van der Waals surface area contributed by atoms with Crippen LogP contribution in [0.2, 0.25) is 0 Å². The molecule has 0 aliphatic carbocycles. The minimum atomic E-state index is -0.324. The number of fused-ring (bicyclic) bond motifs is 1. The summed E-state index contributed by atoms with van der Waals surface area (Å²) in [6, 6.07) is 1.45. The van der Waals surface area contributed by atoms with Crippen molar-refractivity contribution in [3.05, 3.63) is 29.5 Å². The Kier molecular flexibility index (Phi) is 1.36. The third-order valence-electron chi connectivity index (χ3n) is 1.77. The van der Waals surface area contributed by atoms with Crippen LogP contribution in [0.4, 0.5) is 4.39 Å². The Morgan fingerprint density at radius 1 is 1.33 bits per heavy atom. The van der Waals surface area contributed by atoms with Crippen LogP contribution in [0.3, 0.4) is 0 Å². The van der Waals surface area contributed by atoms with Crippen LogP contribution < -0.4 is 0 Å². The molecule has 62 valence electrons. The van der Waals surface area contributed by atoms with Crippen molar-refractivity contribution in [1.29, 1.82) is 0 Å². The number of pyridine rings is 1. The molecule has 0 aliphatic rings. The molecular weight excluding hydrogens is 157 g/mol. The molecule has 0 unspecified atom stereocenters. The largest absolute Gasteiger partial charge is 0.284 e. The average Bonchev–Trinajstić information content (AvgIpc) is 2.33. The van der Waals surface area contributed by atoms with Gasteiger partial charge in [-0.1, -0.05) is 0 Å². The fourth-order valence-electron chi connectivity index (χ4n) is 1.19. The summed E-state index contributed by atoms with van der Waals surface area (Å²) in [6.45, 7) is 3.63. The molecule has 2 aromatic rings. The molecule has 3 nitrogen and oxygen atoms in total. The van der Waals surface area contributed by atoms with Gasteiger partial charge in [-0.3, -0.25) is 4.40 Å². The lowest BCUT2D eigenvalue weighted by Crippen LogP contribution is -1.92. The van der Waals surface area contributed by atoms with Crippen molar-refractivity contribution in [1.82, 2.24) is 14.6 Å². The summed E-state index contributed by atoms with van der Waals surface area (Å²) >= 11 is 0. The van der Waals surface area contributed by atoms with Crippen molar-refractivity contribution >= 4 is 5.65 Å². The third-order valence-corrected chi connectivity index (χ3v) is 1.77. The van der Waals surface area contributed by atoms with E-state index in [1.165, 1.54) is 6.07 Å². The number of aryl methyl sites for hydroxylation is 2. The van der Waals surface area contributed by atoms with Gasteiger partial charge in [0.2, 0.25) is 0 Å². The number of nitrogens with zero attached hydrogens (tertiary/aromatic N) is 3. The smallest absolute Gasteiger partial charge is 0.196 e. The molecule has 0 radical (unpaired) electrons. The summed E-state index contributed by atoms with van der Waals surface area (Å²) in [5.41, 5.74) is 1.15. The van der Waals surface area contributed by atoms with Gasteiger partial charge in [0, 0.05) is 6.20 Å². The van der Waals surface area contributed by atoms with E-state index in [1.807, 2.05) is 13.1 Å². The number of hydrogen-bond acceptors (Lipinski definition) is 2. The Labute approximate surface area is 68.9 Å². The average molecular weight is 165 g/mol. The second kappa shape index (κ2) is 2.27. The van der Waals surface area contributed by atoms with Crippen molar-refractivity contribution < 1.29 is 4.39 Å². The molecule has 0 bridgehead atoms. The highest BCUT2D eigenvalue weighted by Crippen LogP contribution is 2.10. The lowest BCUT2D eigenvalue weighted by Gasteiger charge is -1.97. The minimum absolute atomic E-state index is 0.290. The zero-order chi connectivity index (χ0) is 8.72. The van der Waals surface area contributed by atoms with E-state index in [0.29, 0.717) is 5.82 Å². The molecule has 0 fully saturated rings.